The Hall–Kier alpha value is -2.45. The van der Waals surface area contributed by atoms with Crippen molar-refractivity contribution in [1.82, 2.24) is 15.5 Å². The number of aliphatic hydroxyl groups excluding tert-OH is 2. The summed E-state index contributed by atoms with van der Waals surface area (Å²) in [6.45, 7) is 1.23. The molecule has 8 nitrogen and oxygen atoms in total. The van der Waals surface area contributed by atoms with Crippen LogP contribution in [0.25, 0.3) is 10.9 Å². The average molecular weight is 307 g/mol. The number of ether oxygens (including phenoxy) is 1. The van der Waals surface area contributed by atoms with Gasteiger partial charge in [-0.3, -0.25) is 9.89 Å². The van der Waals surface area contributed by atoms with E-state index in [9.17, 15) is 19.8 Å². The van der Waals surface area contributed by atoms with E-state index in [0.29, 0.717) is 22.2 Å². The van der Waals surface area contributed by atoms with Crippen molar-refractivity contribution in [2.24, 2.45) is 0 Å². The molecule has 0 bridgehead atoms. The summed E-state index contributed by atoms with van der Waals surface area (Å²) >= 11 is 0. The number of aromatic nitrogens is 2. The predicted octanol–water partition coefficient (Wildman–Crippen LogP) is -0.120. The smallest absolute Gasteiger partial charge is 0.337 e. The van der Waals surface area contributed by atoms with Gasteiger partial charge in [-0.15, -0.1) is 0 Å². The van der Waals surface area contributed by atoms with E-state index in [-0.39, 0.29) is 12.5 Å². The molecule has 0 saturated heterocycles. The van der Waals surface area contributed by atoms with Crippen molar-refractivity contribution in [1.29, 1.82) is 0 Å². The Morgan fingerprint density at radius 2 is 2.14 bits per heavy atom. The molecule has 4 N–H and O–H groups in total. The van der Waals surface area contributed by atoms with Crippen LogP contribution >= 0.6 is 0 Å². The van der Waals surface area contributed by atoms with E-state index in [1.54, 1.807) is 12.1 Å². The largest absolute Gasteiger partial charge is 0.465 e. The zero-order valence-electron chi connectivity index (χ0n) is 12.2. The van der Waals surface area contributed by atoms with Crippen molar-refractivity contribution >= 4 is 22.8 Å². The monoisotopic (exact) mass is 307 g/mol. The SMILES string of the molecule is COC(=O)c1ccc2c(C(O)C(O)CNC(C)=O)[nH]nc2c1. The highest BCUT2D eigenvalue weighted by Gasteiger charge is 2.23. The Kier molecular flexibility index (Phi) is 4.74. The van der Waals surface area contributed by atoms with E-state index >= 15 is 0 Å². The number of benzene rings is 1. The summed E-state index contributed by atoms with van der Waals surface area (Å²) in [4.78, 5) is 22.3. The Balaban J connectivity index is 2.25. The molecule has 22 heavy (non-hydrogen) atoms. The summed E-state index contributed by atoms with van der Waals surface area (Å²) < 4.78 is 4.63. The van der Waals surface area contributed by atoms with Crippen molar-refractivity contribution in [3.05, 3.63) is 29.5 Å². The molecule has 0 saturated carbocycles. The predicted molar refractivity (Wildman–Crippen MR) is 77.1 cm³/mol. The Morgan fingerprint density at radius 1 is 1.41 bits per heavy atom. The van der Waals surface area contributed by atoms with Crippen molar-refractivity contribution in [2.75, 3.05) is 13.7 Å². The lowest BCUT2D eigenvalue weighted by Crippen LogP contribution is -2.34. The van der Waals surface area contributed by atoms with Gasteiger partial charge < -0.3 is 20.3 Å². The third kappa shape index (κ3) is 3.23. The number of nitrogens with one attached hydrogen (secondary N) is 2. The van der Waals surface area contributed by atoms with E-state index in [4.69, 9.17) is 0 Å². The molecule has 118 valence electrons. The van der Waals surface area contributed by atoms with Crippen LogP contribution in [0.4, 0.5) is 0 Å². The van der Waals surface area contributed by atoms with Gasteiger partial charge in [-0.25, -0.2) is 4.79 Å². The molecule has 0 aliphatic heterocycles. The second kappa shape index (κ2) is 6.54. The second-order valence-electron chi connectivity index (χ2n) is 4.81. The fourth-order valence-electron chi connectivity index (χ4n) is 2.06. The number of hydrogen-bond donors (Lipinski definition) is 4. The fourth-order valence-corrected chi connectivity index (χ4v) is 2.06. The van der Waals surface area contributed by atoms with Crippen LogP contribution in [-0.2, 0) is 9.53 Å². The number of aromatic amines is 1. The maximum absolute atomic E-state index is 11.5. The summed E-state index contributed by atoms with van der Waals surface area (Å²) in [5.74, 6) is -0.791. The minimum Gasteiger partial charge on any atom is -0.465 e. The van der Waals surface area contributed by atoms with Crippen LogP contribution < -0.4 is 5.32 Å². The molecule has 2 unspecified atom stereocenters. The lowest BCUT2D eigenvalue weighted by molar-refractivity contribution is -0.119. The number of carbonyl (C=O) groups excluding carboxylic acids is 2. The molecule has 8 heteroatoms. The van der Waals surface area contributed by atoms with Crippen molar-refractivity contribution < 1.29 is 24.5 Å². The van der Waals surface area contributed by atoms with Crippen molar-refractivity contribution in [3.63, 3.8) is 0 Å². The number of H-pyrrole nitrogens is 1. The number of rotatable bonds is 5. The van der Waals surface area contributed by atoms with E-state index in [1.807, 2.05) is 0 Å². The first-order valence-corrected chi connectivity index (χ1v) is 6.61. The third-order valence-corrected chi connectivity index (χ3v) is 3.23. The molecule has 1 amide bonds. The van der Waals surface area contributed by atoms with Gasteiger partial charge in [0.15, 0.2) is 0 Å². The van der Waals surface area contributed by atoms with Crippen LogP contribution in [0.1, 0.15) is 29.1 Å². The van der Waals surface area contributed by atoms with Crippen LogP contribution in [0.3, 0.4) is 0 Å². The number of methoxy groups -OCH3 is 1. The first-order valence-electron chi connectivity index (χ1n) is 6.61. The number of carbonyl (C=O) groups is 2. The van der Waals surface area contributed by atoms with Crippen molar-refractivity contribution in [2.45, 2.75) is 19.1 Å². The molecule has 2 aromatic rings. The lowest BCUT2D eigenvalue weighted by Gasteiger charge is -2.17. The van der Waals surface area contributed by atoms with Gasteiger partial charge >= 0.3 is 5.97 Å². The quantitative estimate of drug-likeness (QED) is 0.571. The highest BCUT2D eigenvalue weighted by atomic mass is 16.5. The molecule has 1 aromatic carbocycles. The Labute approximate surface area is 126 Å². The average Bonchev–Trinajstić information content (AvgIpc) is 2.93. The molecule has 2 rings (SSSR count). The topological polar surface area (TPSA) is 125 Å². The minimum atomic E-state index is -1.25. The van der Waals surface area contributed by atoms with Gasteiger partial charge in [0.05, 0.1) is 23.9 Å². The van der Waals surface area contributed by atoms with Crippen LogP contribution in [0.15, 0.2) is 18.2 Å². The molecular weight excluding hydrogens is 290 g/mol. The Morgan fingerprint density at radius 3 is 2.77 bits per heavy atom. The van der Waals surface area contributed by atoms with Crippen LogP contribution in [0, 0.1) is 0 Å². The van der Waals surface area contributed by atoms with Crippen LogP contribution in [0.2, 0.25) is 0 Å². The fraction of sp³-hybridized carbons (Fsp3) is 0.357. The van der Waals surface area contributed by atoms with Crippen LogP contribution in [0.5, 0.6) is 0 Å². The maximum Gasteiger partial charge on any atom is 0.337 e. The van der Waals surface area contributed by atoms with E-state index < -0.39 is 18.2 Å². The molecule has 0 aliphatic carbocycles. The molecule has 1 heterocycles. The first kappa shape index (κ1) is 15.9. The van der Waals surface area contributed by atoms with Crippen LogP contribution in [-0.4, -0.2) is 52.0 Å². The standard InChI is InChI=1S/C14H17N3O5/c1-7(18)15-6-11(19)13(20)12-9-4-3-8(14(21)22-2)5-10(9)16-17-12/h3-5,11,13,19-20H,6H2,1-2H3,(H,15,18)(H,16,17). The van der Waals surface area contributed by atoms with Gasteiger partial charge in [0.2, 0.25) is 5.91 Å². The number of esters is 1. The van der Waals surface area contributed by atoms with E-state index in [0.717, 1.165) is 0 Å². The highest BCUT2D eigenvalue weighted by Crippen LogP contribution is 2.25. The molecular formula is C14H17N3O5. The van der Waals surface area contributed by atoms with Crippen molar-refractivity contribution in [3.8, 4) is 0 Å². The summed E-state index contributed by atoms with van der Waals surface area (Å²) in [6, 6.07) is 4.67. The minimum absolute atomic E-state index is 0.0861. The lowest BCUT2D eigenvalue weighted by atomic mass is 10.0. The zero-order chi connectivity index (χ0) is 16.3. The molecule has 0 spiro atoms. The number of nitrogens with zero attached hydrogens (tertiary/aromatic N) is 1. The summed E-state index contributed by atoms with van der Waals surface area (Å²) in [7, 11) is 1.28. The molecule has 2 atom stereocenters. The number of fused-ring (bicyclic) bond motifs is 1. The van der Waals surface area contributed by atoms with Gasteiger partial charge in [-0.05, 0) is 18.2 Å². The van der Waals surface area contributed by atoms with Gasteiger partial charge in [-0.1, -0.05) is 0 Å². The zero-order valence-corrected chi connectivity index (χ0v) is 12.2. The van der Waals surface area contributed by atoms with Gasteiger partial charge in [0.1, 0.15) is 12.2 Å². The molecule has 0 aliphatic rings. The third-order valence-electron chi connectivity index (χ3n) is 3.23. The number of hydrogen-bond acceptors (Lipinski definition) is 6. The first-order chi connectivity index (χ1) is 10.4. The molecule has 0 fully saturated rings. The van der Waals surface area contributed by atoms with Gasteiger partial charge in [-0.2, -0.15) is 5.10 Å². The number of amides is 1. The maximum atomic E-state index is 11.5. The van der Waals surface area contributed by atoms with Gasteiger partial charge in [0, 0.05) is 18.9 Å². The highest BCUT2D eigenvalue weighted by molar-refractivity contribution is 5.94. The summed E-state index contributed by atoms with van der Waals surface area (Å²) in [5.41, 5.74) is 1.11. The second-order valence-corrected chi connectivity index (χ2v) is 4.81. The summed E-state index contributed by atoms with van der Waals surface area (Å²) in [5, 5.41) is 29.7. The summed E-state index contributed by atoms with van der Waals surface area (Å²) in [6.07, 6.45) is -2.44. The van der Waals surface area contributed by atoms with E-state index in [2.05, 4.69) is 20.3 Å². The van der Waals surface area contributed by atoms with Gasteiger partial charge in [0.25, 0.3) is 0 Å². The van der Waals surface area contributed by atoms with E-state index in [1.165, 1.54) is 20.1 Å². The Bertz CT molecular complexity index is 697. The normalized spacial score (nSPS) is 13.6. The molecule has 0 radical (unpaired) electrons. The molecule has 1 aromatic heterocycles. The number of aliphatic hydroxyl groups is 2.